The normalized spacial score (nSPS) is 13.6. The number of Topliss-reactive ketones (excluding diaryl/α,β-unsaturated/α-hetero) is 1. The van der Waals surface area contributed by atoms with Crippen molar-refractivity contribution in [2.24, 2.45) is 0 Å². The highest BCUT2D eigenvalue weighted by Gasteiger charge is 2.42. The Labute approximate surface area is 121 Å². The first kappa shape index (κ1) is 15.9. The highest BCUT2D eigenvalue weighted by Crippen LogP contribution is 2.28. The Bertz CT molecular complexity index is 644. The molecule has 0 aliphatic carbocycles. The lowest BCUT2D eigenvalue weighted by atomic mass is 9.89. The van der Waals surface area contributed by atoms with Gasteiger partial charge in [-0.25, -0.2) is 8.42 Å². The number of benzene rings is 1. The smallest absolute Gasteiger partial charge is 0.175 e. The van der Waals surface area contributed by atoms with Gasteiger partial charge in [0.25, 0.3) is 0 Å². The molecule has 0 heterocycles. The van der Waals surface area contributed by atoms with Crippen LogP contribution in [0.3, 0.4) is 0 Å². The third-order valence-electron chi connectivity index (χ3n) is 3.09. The van der Waals surface area contributed by atoms with Crippen molar-refractivity contribution in [3.63, 3.8) is 0 Å². The second-order valence-corrected chi connectivity index (χ2v) is 8.24. The maximum absolute atomic E-state index is 12.3. The molecule has 0 aromatic heterocycles. The Hall–Kier alpha value is -1.19. The van der Waals surface area contributed by atoms with Crippen molar-refractivity contribution < 1.29 is 13.2 Å². The predicted molar refractivity (Wildman–Crippen MR) is 76.4 cm³/mol. The van der Waals surface area contributed by atoms with E-state index in [0.29, 0.717) is 5.56 Å². The van der Waals surface area contributed by atoms with Crippen LogP contribution in [0.25, 0.3) is 0 Å². The number of carbonyl (C=O) groups is 1. The molecular weight excluding hydrogens is 330 g/mol. The van der Waals surface area contributed by atoms with Gasteiger partial charge in [-0.1, -0.05) is 28.1 Å². The summed E-state index contributed by atoms with van der Waals surface area (Å²) in [5.74, 6) is -1.71. The second-order valence-electron chi connectivity index (χ2n) is 4.76. The van der Waals surface area contributed by atoms with Crippen LogP contribution >= 0.6 is 15.9 Å². The van der Waals surface area contributed by atoms with Crippen molar-refractivity contribution >= 4 is 31.6 Å². The lowest BCUT2D eigenvalue weighted by Crippen LogP contribution is -2.42. The number of hydrogen-bond acceptors (Lipinski definition) is 4. The number of hydrogen-bond donors (Lipinski definition) is 0. The zero-order valence-electron chi connectivity index (χ0n) is 10.8. The highest BCUT2D eigenvalue weighted by molar-refractivity contribution is 9.10. The quantitative estimate of drug-likeness (QED) is 0.841. The van der Waals surface area contributed by atoms with Crippen LogP contribution in [0.15, 0.2) is 28.7 Å². The molecule has 0 amide bonds. The summed E-state index contributed by atoms with van der Waals surface area (Å²) in [6, 6.07) is 8.63. The monoisotopic (exact) mass is 343 g/mol. The number of carbonyl (C=O) groups excluding carboxylic acids is 1. The van der Waals surface area contributed by atoms with Gasteiger partial charge >= 0.3 is 0 Å². The first-order valence-electron chi connectivity index (χ1n) is 5.50. The van der Waals surface area contributed by atoms with Crippen LogP contribution in [-0.2, 0) is 14.6 Å². The molecule has 0 aliphatic rings. The van der Waals surface area contributed by atoms with Gasteiger partial charge in [0, 0.05) is 10.7 Å². The Balaban J connectivity index is 3.27. The topological polar surface area (TPSA) is 75.0 Å². The van der Waals surface area contributed by atoms with Crippen molar-refractivity contribution in [1.29, 1.82) is 5.26 Å². The molecule has 1 aromatic rings. The zero-order chi connectivity index (χ0) is 14.8. The van der Waals surface area contributed by atoms with E-state index in [9.17, 15) is 18.5 Å². The number of halogens is 1. The minimum Gasteiger partial charge on any atom is -0.296 e. The summed E-state index contributed by atoms with van der Waals surface area (Å²) in [6.07, 6.45) is 1.00. The van der Waals surface area contributed by atoms with Crippen LogP contribution in [0.5, 0.6) is 0 Å². The molecule has 1 rings (SSSR count). The van der Waals surface area contributed by atoms with E-state index < -0.39 is 26.3 Å². The highest BCUT2D eigenvalue weighted by atomic mass is 79.9. The second kappa shape index (κ2) is 5.43. The van der Waals surface area contributed by atoms with Crippen LogP contribution in [0.4, 0.5) is 0 Å². The molecule has 0 spiro atoms. The lowest BCUT2D eigenvalue weighted by molar-refractivity contribution is -0.121. The molecule has 0 saturated carbocycles. The molecule has 0 aliphatic heterocycles. The minimum absolute atomic E-state index is 0.485. The Morgan fingerprint density at radius 2 is 2.00 bits per heavy atom. The van der Waals surface area contributed by atoms with E-state index in [1.807, 2.05) is 6.07 Å². The summed E-state index contributed by atoms with van der Waals surface area (Å²) in [6.45, 7) is 2.65. The van der Waals surface area contributed by atoms with Gasteiger partial charge in [0.05, 0.1) is 6.07 Å². The van der Waals surface area contributed by atoms with Crippen LogP contribution in [0.2, 0.25) is 0 Å². The van der Waals surface area contributed by atoms with Crippen molar-refractivity contribution in [3.8, 4) is 6.07 Å². The zero-order valence-corrected chi connectivity index (χ0v) is 13.2. The summed E-state index contributed by atoms with van der Waals surface area (Å²) < 4.78 is 22.5. The van der Waals surface area contributed by atoms with Gasteiger partial charge in [0.2, 0.25) is 0 Å². The van der Waals surface area contributed by atoms with Gasteiger partial charge in [-0.15, -0.1) is 0 Å². The van der Waals surface area contributed by atoms with Gasteiger partial charge < -0.3 is 0 Å². The lowest BCUT2D eigenvalue weighted by Gasteiger charge is -2.23. The van der Waals surface area contributed by atoms with Crippen LogP contribution in [0, 0.1) is 11.3 Å². The van der Waals surface area contributed by atoms with E-state index in [0.717, 1.165) is 10.7 Å². The molecule has 1 unspecified atom stereocenters. The molecule has 0 N–H and O–H groups in total. The average molecular weight is 344 g/mol. The van der Waals surface area contributed by atoms with Gasteiger partial charge in [0.15, 0.2) is 15.6 Å². The number of sulfone groups is 1. The molecule has 1 aromatic carbocycles. The Morgan fingerprint density at radius 1 is 1.42 bits per heavy atom. The fourth-order valence-corrected chi connectivity index (χ4v) is 2.40. The molecule has 0 saturated heterocycles. The van der Waals surface area contributed by atoms with Crippen molar-refractivity contribution in [1.82, 2.24) is 0 Å². The number of rotatable bonds is 4. The predicted octanol–water partition coefficient (Wildman–Crippen LogP) is 2.45. The third kappa shape index (κ3) is 3.23. The van der Waals surface area contributed by atoms with E-state index in [1.165, 1.54) is 13.8 Å². The fraction of sp³-hybridized carbons (Fsp3) is 0.385. The SMILES string of the molecule is CC(C)(C(=O)C(C#N)c1cccc(Br)c1)S(C)(=O)=O. The summed E-state index contributed by atoms with van der Waals surface area (Å²) in [7, 11) is -3.59. The van der Waals surface area contributed by atoms with Crippen molar-refractivity contribution in [2.45, 2.75) is 24.5 Å². The Morgan fingerprint density at radius 3 is 2.42 bits per heavy atom. The van der Waals surface area contributed by atoms with Crippen LogP contribution in [0.1, 0.15) is 25.3 Å². The van der Waals surface area contributed by atoms with E-state index in [-0.39, 0.29) is 0 Å². The van der Waals surface area contributed by atoms with Gasteiger partial charge in [-0.3, -0.25) is 4.79 Å². The Kier molecular flexibility index (Phi) is 4.54. The van der Waals surface area contributed by atoms with Crippen LogP contribution in [-0.4, -0.2) is 25.2 Å². The molecule has 4 nitrogen and oxygen atoms in total. The fourth-order valence-electron chi connectivity index (χ4n) is 1.50. The van der Waals surface area contributed by atoms with Crippen molar-refractivity contribution in [2.75, 3.05) is 6.26 Å². The third-order valence-corrected chi connectivity index (χ3v) is 5.64. The van der Waals surface area contributed by atoms with E-state index in [2.05, 4.69) is 15.9 Å². The standard InChI is InChI=1S/C13H14BrNO3S/c1-13(2,19(3,17)18)12(16)11(8-15)9-5-4-6-10(14)7-9/h4-7,11H,1-3H3. The molecule has 6 heteroatoms. The maximum Gasteiger partial charge on any atom is 0.175 e. The number of nitriles is 1. The van der Waals surface area contributed by atoms with E-state index in [4.69, 9.17) is 0 Å². The average Bonchev–Trinajstić information content (AvgIpc) is 2.28. The van der Waals surface area contributed by atoms with Crippen LogP contribution < -0.4 is 0 Å². The van der Waals surface area contributed by atoms with Gasteiger partial charge in [-0.05, 0) is 31.5 Å². The number of ketones is 1. The first-order valence-corrected chi connectivity index (χ1v) is 8.18. The maximum atomic E-state index is 12.3. The molecule has 0 bridgehead atoms. The van der Waals surface area contributed by atoms with Gasteiger partial charge in [-0.2, -0.15) is 5.26 Å². The molecule has 19 heavy (non-hydrogen) atoms. The van der Waals surface area contributed by atoms with Gasteiger partial charge in [0.1, 0.15) is 10.7 Å². The molecule has 0 fully saturated rings. The summed E-state index contributed by atoms with van der Waals surface area (Å²) >= 11 is 3.26. The summed E-state index contributed by atoms with van der Waals surface area (Å²) in [5, 5.41) is 9.19. The summed E-state index contributed by atoms with van der Waals surface area (Å²) in [4.78, 5) is 12.3. The molecular formula is C13H14BrNO3S. The molecule has 102 valence electrons. The first-order chi connectivity index (χ1) is 8.61. The number of nitrogens with zero attached hydrogens (tertiary/aromatic N) is 1. The van der Waals surface area contributed by atoms with E-state index in [1.54, 1.807) is 24.3 Å². The minimum atomic E-state index is -3.59. The molecule has 1 atom stereocenters. The molecule has 0 radical (unpaired) electrons. The van der Waals surface area contributed by atoms with E-state index >= 15 is 0 Å². The summed E-state index contributed by atoms with van der Waals surface area (Å²) in [5.41, 5.74) is 0.485. The largest absolute Gasteiger partial charge is 0.296 e. The van der Waals surface area contributed by atoms with Crippen molar-refractivity contribution in [3.05, 3.63) is 34.3 Å².